The Morgan fingerprint density at radius 3 is 2.67 bits per heavy atom. The normalized spacial score (nSPS) is 12.9. The van der Waals surface area contributed by atoms with Gasteiger partial charge in [-0.25, -0.2) is 13.9 Å². The van der Waals surface area contributed by atoms with Gasteiger partial charge in [0.15, 0.2) is 17.3 Å². The van der Waals surface area contributed by atoms with Gasteiger partial charge < -0.3 is 14.8 Å². The van der Waals surface area contributed by atoms with Crippen LogP contribution in [0.2, 0.25) is 0 Å². The van der Waals surface area contributed by atoms with Crippen LogP contribution in [-0.2, 0) is 0 Å². The number of carbonyl (C=O) groups is 1. The number of methoxy groups -OCH3 is 1. The third-order valence-corrected chi connectivity index (χ3v) is 6.66. The van der Waals surface area contributed by atoms with E-state index in [2.05, 4.69) is 15.4 Å². The van der Waals surface area contributed by atoms with Crippen LogP contribution in [0.3, 0.4) is 0 Å². The van der Waals surface area contributed by atoms with Crippen LogP contribution in [0.5, 0.6) is 17.4 Å². The molecule has 1 fully saturated rings. The summed E-state index contributed by atoms with van der Waals surface area (Å²) in [5, 5.41) is 6.81. The zero-order chi connectivity index (χ0) is 27.1. The smallest absolute Gasteiger partial charge is 0.268 e. The van der Waals surface area contributed by atoms with Crippen molar-refractivity contribution in [3.63, 3.8) is 0 Å². The average Bonchev–Trinajstić information content (AvgIpc) is 3.70. The molecule has 1 amide bonds. The highest BCUT2D eigenvalue weighted by Gasteiger charge is 2.29. The van der Waals surface area contributed by atoms with Crippen molar-refractivity contribution in [1.29, 1.82) is 0 Å². The summed E-state index contributed by atoms with van der Waals surface area (Å²) in [6, 6.07) is 14.6. The first-order valence-electron chi connectivity index (χ1n) is 12.4. The standard InChI is InChI=1S/C29H24FN5O4/c1-17-13-27(38-2)31-15-24(17)35-22(18-6-7-18)10-9-20(29(35)37)28(36)33-19-8-11-25(21(30)14-19)39-26-16-32-34-12-4-3-5-23(26)34/h3-5,8-16,18H,6-7H2,1-2H3,(H,33,36). The molecule has 0 saturated heterocycles. The summed E-state index contributed by atoms with van der Waals surface area (Å²) in [4.78, 5) is 31.0. The molecule has 0 spiro atoms. The second-order valence-corrected chi connectivity index (χ2v) is 9.34. The molecule has 10 heteroatoms. The van der Waals surface area contributed by atoms with Crippen LogP contribution in [0.1, 0.15) is 40.4 Å². The topological polar surface area (TPSA) is 99.7 Å². The number of pyridine rings is 3. The van der Waals surface area contributed by atoms with Crippen LogP contribution >= 0.6 is 0 Å². The summed E-state index contributed by atoms with van der Waals surface area (Å²) in [6.45, 7) is 1.86. The third kappa shape index (κ3) is 4.61. The highest BCUT2D eigenvalue weighted by molar-refractivity contribution is 6.04. The maximum absolute atomic E-state index is 14.9. The molecule has 1 N–H and O–H groups in total. The van der Waals surface area contributed by atoms with Crippen LogP contribution < -0.4 is 20.3 Å². The van der Waals surface area contributed by atoms with Crippen molar-refractivity contribution >= 4 is 17.1 Å². The van der Waals surface area contributed by atoms with E-state index in [1.807, 2.05) is 19.1 Å². The molecule has 5 aromatic rings. The number of halogens is 1. The summed E-state index contributed by atoms with van der Waals surface area (Å²) >= 11 is 0. The first-order valence-corrected chi connectivity index (χ1v) is 12.4. The maximum Gasteiger partial charge on any atom is 0.268 e. The lowest BCUT2D eigenvalue weighted by Crippen LogP contribution is -2.30. The fraction of sp³-hybridized carbons (Fsp3) is 0.172. The summed E-state index contributed by atoms with van der Waals surface area (Å²) in [7, 11) is 1.52. The number of aromatic nitrogens is 4. The van der Waals surface area contributed by atoms with Gasteiger partial charge in [-0.1, -0.05) is 6.07 Å². The number of benzene rings is 1. The molecule has 4 aromatic heterocycles. The number of nitrogens with one attached hydrogen (secondary N) is 1. The Morgan fingerprint density at radius 2 is 1.92 bits per heavy atom. The van der Waals surface area contributed by atoms with Crippen molar-refractivity contribution in [2.45, 2.75) is 25.7 Å². The van der Waals surface area contributed by atoms with Crippen molar-refractivity contribution in [2.75, 3.05) is 12.4 Å². The zero-order valence-electron chi connectivity index (χ0n) is 21.2. The van der Waals surface area contributed by atoms with Crippen molar-refractivity contribution in [3.05, 3.63) is 106 Å². The Labute approximate surface area is 222 Å². The van der Waals surface area contributed by atoms with Crippen molar-refractivity contribution < 1.29 is 18.7 Å². The van der Waals surface area contributed by atoms with E-state index in [-0.39, 0.29) is 22.9 Å². The van der Waals surface area contributed by atoms with Crippen molar-refractivity contribution in [1.82, 2.24) is 19.2 Å². The molecule has 0 unspecified atom stereocenters. The van der Waals surface area contributed by atoms with Gasteiger partial charge in [-0.05, 0) is 67.6 Å². The fourth-order valence-corrected chi connectivity index (χ4v) is 4.51. The molecule has 9 nitrogen and oxygen atoms in total. The molecule has 0 atom stereocenters. The summed E-state index contributed by atoms with van der Waals surface area (Å²) in [5.41, 5.74) is 2.52. The van der Waals surface area contributed by atoms with Gasteiger partial charge in [0.1, 0.15) is 11.1 Å². The molecule has 1 saturated carbocycles. The molecule has 6 rings (SSSR count). The van der Waals surface area contributed by atoms with E-state index in [1.165, 1.54) is 31.5 Å². The van der Waals surface area contributed by atoms with Gasteiger partial charge >= 0.3 is 0 Å². The molecule has 0 bridgehead atoms. The minimum Gasteiger partial charge on any atom is -0.481 e. The summed E-state index contributed by atoms with van der Waals surface area (Å²) in [6.07, 6.45) is 6.77. The number of aryl methyl sites for hydroxylation is 1. The number of hydrogen-bond acceptors (Lipinski definition) is 6. The Hall–Kier alpha value is -4.99. The minimum absolute atomic E-state index is 0.0228. The number of carbonyl (C=O) groups excluding carboxylic acids is 1. The predicted octanol–water partition coefficient (Wildman–Crippen LogP) is 5.26. The van der Waals surface area contributed by atoms with Crippen LogP contribution in [-0.4, -0.2) is 32.2 Å². The van der Waals surface area contributed by atoms with Crippen LogP contribution in [0.4, 0.5) is 10.1 Å². The van der Waals surface area contributed by atoms with Gasteiger partial charge in [0, 0.05) is 29.7 Å². The predicted molar refractivity (Wildman–Crippen MR) is 143 cm³/mol. The summed E-state index contributed by atoms with van der Waals surface area (Å²) < 4.78 is 29.0. The van der Waals surface area contributed by atoms with Gasteiger partial charge in [0.25, 0.3) is 11.5 Å². The largest absolute Gasteiger partial charge is 0.481 e. The van der Waals surface area contributed by atoms with E-state index >= 15 is 0 Å². The monoisotopic (exact) mass is 525 g/mol. The van der Waals surface area contributed by atoms with Crippen LogP contribution in [0, 0.1) is 12.7 Å². The van der Waals surface area contributed by atoms with Gasteiger partial charge in [-0.15, -0.1) is 0 Å². The van der Waals surface area contributed by atoms with E-state index in [9.17, 15) is 14.0 Å². The first-order chi connectivity index (χ1) is 18.9. The quantitative estimate of drug-likeness (QED) is 0.311. The third-order valence-electron chi connectivity index (χ3n) is 6.66. The zero-order valence-corrected chi connectivity index (χ0v) is 21.2. The number of ether oxygens (including phenoxy) is 2. The van der Waals surface area contributed by atoms with E-state index in [0.29, 0.717) is 22.8 Å². The SMILES string of the molecule is COc1cc(C)c(-n2c(C3CC3)ccc(C(=O)Nc3ccc(Oc4cnn5ccccc45)c(F)c3)c2=O)cn1. The van der Waals surface area contributed by atoms with Gasteiger partial charge in [0.05, 0.1) is 25.2 Å². The molecule has 39 heavy (non-hydrogen) atoms. The molecule has 1 aromatic carbocycles. The number of hydrogen-bond donors (Lipinski definition) is 1. The van der Waals surface area contributed by atoms with E-state index in [4.69, 9.17) is 9.47 Å². The average molecular weight is 526 g/mol. The molecule has 0 radical (unpaired) electrons. The minimum atomic E-state index is -0.676. The van der Waals surface area contributed by atoms with E-state index in [0.717, 1.165) is 30.2 Å². The first kappa shape index (κ1) is 24.4. The van der Waals surface area contributed by atoms with Crippen molar-refractivity contribution in [3.8, 4) is 23.1 Å². The Morgan fingerprint density at radius 1 is 1.08 bits per heavy atom. The number of amides is 1. The molecular weight excluding hydrogens is 501 g/mol. The molecule has 196 valence electrons. The van der Waals surface area contributed by atoms with Crippen LogP contribution in [0.25, 0.3) is 11.2 Å². The molecule has 0 aliphatic heterocycles. The van der Waals surface area contributed by atoms with Gasteiger partial charge in [-0.3, -0.25) is 14.2 Å². The lowest BCUT2D eigenvalue weighted by atomic mass is 10.1. The van der Waals surface area contributed by atoms with Crippen LogP contribution in [0.15, 0.2) is 78.0 Å². The Balaban J connectivity index is 1.28. The fourth-order valence-electron chi connectivity index (χ4n) is 4.51. The number of fused-ring (bicyclic) bond motifs is 1. The van der Waals surface area contributed by atoms with Crippen molar-refractivity contribution in [2.24, 2.45) is 0 Å². The Bertz CT molecular complexity index is 1790. The lowest BCUT2D eigenvalue weighted by molar-refractivity contribution is 0.102. The molecule has 4 heterocycles. The molecule has 1 aliphatic carbocycles. The highest BCUT2D eigenvalue weighted by Crippen LogP contribution is 2.40. The second-order valence-electron chi connectivity index (χ2n) is 9.34. The van der Waals surface area contributed by atoms with E-state index in [1.54, 1.807) is 39.7 Å². The second kappa shape index (κ2) is 9.71. The number of rotatable bonds is 7. The molecule has 1 aliphatic rings. The maximum atomic E-state index is 14.9. The Kier molecular flexibility index (Phi) is 6.07. The number of nitrogens with zero attached hydrogens (tertiary/aromatic N) is 4. The van der Waals surface area contributed by atoms with Gasteiger partial charge in [0.2, 0.25) is 5.88 Å². The molecular formula is C29H24FN5O4. The van der Waals surface area contributed by atoms with E-state index < -0.39 is 17.3 Å². The lowest BCUT2D eigenvalue weighted by Gasteiger charge is -2.16. The van der Waals surface area contributed by atoms with Gasteiger partial charge in [-0.2, -0.15) is 5.10 Å². The number of anilines is 1. The highest BCUT2D eigenvalue weighted by atomic mass is 19.1. The summed E-state index contributed by atoms with van der Waals surface area (Å²) in [5.74, 6) is -0.278.